The summed E-state index contributed by atoms with van der Waals surface area (Å²) in [6, 6.07) is 0. The minimum absolute atomic E-state index is 0.0565. The Balaban J connectivity index is 3.73. The molecule has 0 spiro atoms. The average Bonchev–Trinajstić information content (AvgIpc) is 2.63. The summed E-state index contributed by atoms with van der Waals surface area (Å²) in [4.78, 5) is 11.7. The molecule has 148 valence electrons. The third kappa shape index (κ3) is 19.6. The molecule has 4 heteroatoms. The van der Waals surface area contributed by atoms with Gasteiger partial charge in [-0.25, -0.2) is 0 Å². The predicted octanol–water partition coefficient (Wildman–Crippen LogP) is 6.17. The van der Waals surface area contributed by atoms with Gasteiger partial charge in [0.15, 0.2) is 0 Å². The highest BCUT2D eigenvalue weighted by Gasteiger charge is 2.07. The second kappa shape index (κ2) is 19.8. The van der Waals surface area contributed by atoms with Crippen LogP contribution in [0.2, 0.25) is 0 Å². The van der Waals surface area contributed by atoms with Crippen molar-refractivity contribution in [2.45, 2.75) is 103 Å². The van der Waals surface area contributed by atoms with Crippen LogP contribution in [0.5, 0.6) is 0 Å². The number of aliphatic hydroxyl groups is 1. The minimum atomic E-state index is -3.42. The third-order valence-electron chi connectivity index (χ3n) is 3.99. The Bertz CT molecular complexity index is 494. The van der Waals surface area contributed by atoms with E-state index in [1.807, 2.05) is 0 Å². The molecule has 0 aromatic heterocycles. The van der Waals surface area contributed by atoms with Crippen molar-refractivity contribution in [3.8, 4) is 0 Å². The number of allylic oxidation sites excluding steroid dienone is 2. The number of alkyl halides is 1. The van der Waals surface area contributed by atoms with Crippen LogP contribution >= 0.6 is 11.6 Å². The Labute approximate surface area is 167 Å². The molecule has 0 saturated heterocycles. The van der Waals surface area contributed by atoms with Crippen LogP contribution in [0.3, 0.4) is 0 Å². The van der Waals surface area contributed by atoms with Crippen molar-refractivity contribution in [3.05, 3.63) is 12.2 Å². The van der Waals surface area contributed by atoms with Gasteiger partial charge in [0.25, 0.3) is 0 Å². The lowest BCUT2D eigenvalue weighted by Crippen LogP contribution is -2.19. The SMILES string of the molecule is [2H]C([2H])(Cl)C([2H])(O)C([2H])([2H])OC(=O)CCCCCCC/C=C/CCCCCCCC. The molecule has 0 rings (SSSR count). The second-order valence-corrected chi connectivity index (χ2v) is 6.54. The van der Waals surface area contributed by atoms with Gasteiger partial charge >= 0.3 is 5.97 Å². The number of hydrogen-bond acceptors (Lipinski definition) is 3. The Kier molecular flexibility index (Phi) is 13.2. The monoisotopic (exact) mass is 379 g/mol. The maximum atomic E-state index is 11.7. The first-order valence-electron chi connectivity index (χ1n) is 12.2. The molecule has 0 bridgehead atoms. The molecule has 0 aliphatic heterocycles. The van der Waals surface area contributed by atoms with Crippen LogP contribution in [0.25, 0.3) is 0 Å². The Morgan fingerprint density at radius 2 is 1.56 bits per heavy atom. The van der Waals surface area contributed by atoms with Gasteiger partial charge in [-0.1, -0.05) is 70.4 Å². The molecule has 0 saturated carbocycles. The zero-order valence-electron chi connectivity index (χ0n) is 20.7. The van der Waals surface area contributed by atoms with Gasteiger partial charge in [-0.2, -0.15) is 0 Å². The quantitative estimate of drug-likeness (QED) is 0.134. The van der Waals surface area contributed by atoms with E-state index in [1.165, 1.54) is 38.5 Å². The van der Waals surface area contributed by atoms with Crippen LogP contribution in [0.1, 0.15) is 104 Å². The number of esters is 1. The van der Waals surface area contributed by atoms with Crippen LogP contribution in [0, 0.1) is 0 Å². The molecule has 0 heterocycles. The number of rotatable bonds is 18. The van der Waals surface area contributed by atoms with E-state index in [1.54, 1.807) is 0 Å². The molecule has 0 aromatic carbocycles. The van der Waals surface area contributed by atoms with E-state index < -0.39 is 24.4 Å². The maximum Gasteiger partial charge on any atom is 0.305 e. The van der Waals surface area contributed by atoms with Crippen molar-refractivity contribution in [1.29, 1.82) is 0 Å². The summed E-state index contributed by atoms with van der Waals surface area (Å²) in [7, 11) is 0. The van der Waals surface area contributed by atoms with Gasteiger partial charge in [-0.3, -0.25) is 4.79 Å². The van der Waals surface area contributed by atoms with E-state index in [-0.39, 0.29) is 6.42 Å². The molecule has 1 unspecified atom stereocenters. The first kappa shape index (κ1) is 16.6. The predicted molar refractivity (Wildman–Crippen MR) is 107 cm³/mol. The van der Waals surface area contributed by atoms with Crippen molar-refractivity contribution in [1.82, 2.24) is 0 Å². The van der Waals surface area contributed by atoms with Crippen LogP contribution in [-0.2, 0) is 9.53 Å². The molecule has 3 nitrogen and oxygen atoms in total. The van der Waals surface area contributed by atoms with Gasteiger partial charge in [0, 0.05) is 9.16 Å². The number of halogens is 1. The highest BCUT2D eigenvalue weighted by molar-refractivity contribution is 6.18. The normalized spacial score (nSPS) is 18.0. The standard InChI is InChI=1S/C21H39ClO3/c1-2-3-4-5-6-7-8-9-10-11-12-13-14-15-16-17-21(24)25-19-20(23)18-22/h9-10,20,23H,2-8,11-19H2,1H3/b10-9+/i18D2,19D2,20D. The molecule has 0 fully saturated rings. The molecular formula is C21H39ClO3. The van der Waals surface area contributed by atoms with Crippen molar-refractivity contribution >= 4 is 17.6 Å². The van der Waals surface area contributed by atoms with E-state index in [0.29, 0.717) is 6.42 Å². The van der Waals surface area contributed by atoms with Crippen LogP contribution in [0.4, 0.5) is 0 Å². The Hall–Kier alpha value is -0.540. The number of ether oxygens (including phenoxy) is 1. The summed E-state index contributed by atoms with van der Waals surface area (Å²) < 4.78 is 41.0. The Morgan fingerprint density at radius 1 is 1.04 bits per heavy atom. The van der Waals surface area contributed by atoms with Gasteiger partial charge in [0.2, 0.25) is 0 Å². The summed E-state index contributed by atoms with van der Waals surface area (Å²) in [5.74, 6) is -4.04. The maximum absolute atomic E-state index is 11.7. The minimum Gasteiger partial charge on any atom is -0.463 e. The van der Waals surface area contributed by atoms with Gasteiger partial charge < -0.3 is 9.84 Å². The average molecular weight is 380 g/mol. The molecule has 0 amide bonds. The summed E-state index contributed by atoms with van der Waals surface area (Å²) in [6.45, 7) is -1.03. The topological polar surface area (TPSA) is 46.5 Å². The van der Waals surface area contributed by atoms with E-state index in [0.717, 1.165) is 38.5 Å². The molecular weight excluding hydrogens is 336 g/mol. The third-order valence-corrected chi connectivity index (χ3v) is 4.17. The fourth-order valence-electron chi connectivity index (χ4n) is 2.52. The fourth-order valence-corrected chi connectivity index (χ4v) is 2.55. The van der Waals surface area contributed by atoms with Gasteiger partial charge in [-0.05, 0) is 32.1 Å². The van der Waals surface area contributed by atoms with E-state index in [2.05, 4.69) is 23.8 Å². The molecule has 25 heavy (non-hydrogen) atoms. The highest BCUT2D eigenvalue weighted by atomic mass is 35.5. The Morgan fingerprint density at radius 3 is 2.12 bits per heavy atom. The van der Waals surface area contributed by atoms with Crippen LogP contribution < -0.4 is 0 Å². The van der Waals surface area contributed by atoms with E-state index in [4.69, 9.17) is 18.5 Å². The summed E-state index contributed by atoms with van der Waals surface area (Å²) in [5, 5.41) is 9.63. The second-order valence-electron chi connectivity index (χ2n) is 6.35. The molecule has 0 radical (unpaired) electrons. The summed E-state index contributed by atoms with van der Waals surface area (Å²) >= 11 is 5.20. The summed E-state index contributed by atoms with van der Waals surface area (Å²) in [6.07, 6.45) is 15.5. The van der Waals surface area contributed by atoms with E-state index >= 15 is 0 Å². The first-order chi connectivity index (χ1) is 14.0. The van der Waals surface area contributed by atoms with Gasteiger partial charge in [0.1, 0.15) is 12.6 Å². The number of unbranched alkanes of at least 4 members (excludes halogenated alkanes) is 11. The lowest BCUT2D eigenvalue weighted by atomic mass is 10.1. The van der Waals surface area contributed by atoms with Gasteiger partial charge in [-0.15, -0.1) is 11.6 Å². The molecule has 1 atom stereocenters. The van der Waals surface area contributed by atoms with Crippen molar-refractivity contribution in [3.63, 3.8) is 0 Å². The number of hydrogen-bond donors (Lipinski definition) is 1. The highest BCUT2D eigenvalue weighted by Crippen LogP contribution is 2.10. The van der Waals surface area contributed by atoms with Crippen LogP contribution in [-0.4, -0.2) is 29.5 Å². The lowest BCUT2D eigenvalue weighted by Gasteiger charge is -2.07. The lowest BCUT2D eigenvalue weighted by molar-refractivity contribution is -0.146. The fraction of sp³-hybridized carbons (Fsp3) is 0.857. The molecule has 0 aromatic rings. The van der Waals surface area contributed by atoms with Gasteiger partial charge in [0.05, 0.1) is 9.94 Å². The van der Waals surface area contributed by atoms with Crippen molar-refractivity contribution < 1.29 is 21.5 Å². The zero-order valence-corrected chi connectivity index (χ0v) is 16.5. The largest absolute Gasteiger partial charge is 0.463 e. The number of carbonyl (C=O) groups is 1. The zero-order chi connectivity index (χ0) is 23.1. The van der Waals surface area contributed by atoms with Crippen LogP contribution in [0.15, 0.2) is 12.2 Å². The van der Waals surface area contributed by atoms with Crippen molar-refractivity contribution in [2.75, 3.05) is 12.4 Å². The molecule has 0 aliphatic rings. The smallest absolute Gasteiger partial charge is 0.305 e. The molecule has 0 aliphatic carbocycles. The van der Waals surface area contributed by atoms with E-state index in [9.17, 15) is 9.90 Å². The summed E-state index contributed by atoms with van der Waals surface area (Å²) in [5.41, 5.74) is 0. The first-order valence-corrected chi connectivity index (χ1v) is 10.1. The molecule has 1 N–H and O–H groups in total. The van der Waals surface area contributed by atoms with Crippen molar-refractivity contribution in [2.24, 2.45) is 0 Å². The number of carbonyl (C=O) groups excluding carboxylic acids is 1.